The molecule has 0 atom stereocenters. The van der Waals surface area contributed by atoms with Gasteiger partial charge in [0, 0.05) is 68.4 Å². The first-order valence-corrected chi connectivity index (χ1v) is 30.9. The summed E-state index contributed by atoms with van der Waals surface area (Å²) in [6.45, 7) is 0.786. The van der Waals surface area contributed by atoms with Gasteiger partial charge in [-0.25, -0.2) is 62.1 Å². The van der Waals surface area contributed by atoms with E-state index in [1.54, 1.807) is 0 Å². The quantitative estimate of drug-likeness (QED) is 0.0221. The molecule has 27 nitrogen and oxygen atoms in total. The Bertz CT molecular complexity index is 4460. The van der Waals surface area contributed by atoms with Crippen LogP contribution in [0, 0.1) is 17.5 Å². The van der Waals surface area contributed by atoms with Crippen LogP contribution in [-0.4, -0.2) is 126 Å². The lowest BCUT2D eigenvalue weighted by molar-refractivity contribution is -0.115. The Labute approximate surface area is 623 Å². The number of hydrogen-bond donors (Lipinski definition) is 11. The summed E-state index contributed by atoms with van der Waals surface area (Å²) in [5, 5.41) is 58.1. The molecule has 0 fully saturated rings. The molecule has 2 amide bonds. The van der Waals surface area contributed by atoms with E-state index in [4.69, 9.17) is 165 Å². The van der Waals surface area contributed by atoms with E-state index in [-0.39, 0.29) is 163 Å². The number of carboxylic acid groups (broad SMARTS) is 1. The van der Waals surface area contributed by atoms with Crippen molar-refractivity contribution in [3.05, 3.63) is 191 Å². The number of nitrogens with zero attached hydrogens (tertiary/aromatic N) is 5. The van der Waals surface area contributed by atoms with Gasteiger partial charge in [0.25, 0.3) is 0 Å². The molecule has 5 aromatic heterocycles. The maximum atomic E-state index is 14.6. The van der Waals surface area contributed by atoms with Crippen molar-refractivity contribution in [3.63, 3.8) is 0 Å². The summed E-state index contributed by atoms with van der Waals surface area (Å²) in [6.07, 6.45) is -1.90. The zero-order chi connectivity index (χ0) is 76.8. The van der Waals surface area contributed by atoms with Crippen molar-refractivity contribution in [1.82, 2.24) is 24.9 Å². The van der Waals surface area contributed by atoms with Crippen LogP contribution in [0.4, 0.5) is 41.6 Å². The third kappa shape index (κ3) is 23.7. The number of rotatable bonds is 13. The van der Waals surface area contributed by atoms with Crippen molar-refractivity contribution in [2.24, 2.45) is 0 Å². The molecule has 0 aliphatic heterocycles. The Balaban J connectivity index is 0.000000322. The van der Waals surface area contributed by atoms with Crippen molar-refractivity contribution < 1.29 is 96.3 Å². The lowest BCUT2D eigenvalue weighted by Gasteiger charge is -2.13. The van der Waals surface area contributed by atoms with Crippen LogP contribution in [0.25, 0.3) is 22.5 Å². The van der Waals surface area contributed by atoms with Gasteiger partial charge in [0.15, 0.2) is 34.8 Å². The van der Waals surface area contributed by atoms with Crippen LogP contribution < -0.4 is 27.8 Å². The van der Waals surface area contributed by atoms with Crippen molar-refractivity contribution in [2.45, 2.75) is 40.0 Å². The molecule has 0 spiro atoms. The fourth-order valence-electron chi connectivity index (χ4n) is 7.36. The summed E-state index contributed by atoms with van der Waals surface area (Å²) in [6, 6.07) is 14.6. The third-order valence-electron chi connectivity index (χ3n) is 12.0. The summed E-state index contributed by atoms with van der Waals surface area (Å²) in [7, 11) is 4.71. The number of aliphatic hydroxyl groups is 5. The molecule has 101 heavy (non-hydrogen) atoms. The summed E-state index contributed by atoms with van der Waals surface area (Å²) in [5.41, 5.74) is 15.6. The van der Waals surface area contributed by atoms with Gasteiger partial charge in [-0.3, -0.25) is 9.59 Å². The van der Waals surface area contributed by atoms with Crippen molar-refractivity contribution in [3.8, 4) is 22.5 Å². The minimum atomic E-state index is -1.90. The number of pyridine rings is 5. The van der Waals surface area contributed by atoms with E-state index in [1.165, 1.54) is 88.7 Å². The largest absolute Gasteiger partial charge is 0.476 e. The molecule has 14 N–H and O–H groups in total. The maximum absolute atomic E-state index is 14.6. The SMILES string of the molecule is COC(=O)c1nc(-c2ccc(Cl)c(CO)c2F)cc(N)c1Cl.COC(=O)c1nc(-c2ccc(Cl)c(CO)c2F)cc(NC(C)=O)c1Cl.COC(=O)c1nc(Cl)cc(N)c1Cl.COC(=O)c1nc(Cl)cc(NC(C)=O)c1Cl.Nc1cc(Cl)nc(C(=O)O)c1Cl.OCc1c(Cl)ccc(C(O)O)c1F. The number of methoxy groups -OCH3 is 4. The zero-order valence-corrected chi connectivity index (χ0v) is 60.3. The summed E-state index contributed by atoms with van der Waals surface area (Å²) >= 11 is 63.0. The maximum Gasteiger partial charge on any atom is 0.358 e. The number of anilines is 5. The highest BCUT2D eigenvalue weighted by atomic mass is 35.5. The standard InChI is InChI=1S/C16H13Cl2FN2O4.C14H11Cl2FN2O3.C9H8Cl2N2O3.C8H8ClFO3.C7H6Cl2N2O2.C6H4Cl2N2O2/c1-7(23)20-12-5-11(21-15(13(12)18)16(24)25-2)8-3-4-10(17)9(6-22)14(8)19;1-22-14(21)13-11(16)9(18)4-10(19-13)6-2-3-8(15)7(5-20)12(6)17;1-4(14)12-5-3-6(10)13-8(7(5)11)9(15)16-2;9-6-2-1-4(8(12)13)7(10)5(6)3-11;1-13-7(12)6-5(9)3(10)2-4(8)11-6;7-3-1-2(9)4(8)5(10-3)6(11)12/h3-5,22H,6H2,1-2H3,(H,20,21,23);2-4,20H,5H2,1H3,(H2,18,19);3H,1-2H3,(H,12,13,14);1-2,8,11-13H,3H2;2H,1H3,(H2,10,11);1H,(H2,9,10)(H,11,12). The fraction of sp³-hybridized carbons (Fsp3) is 0.167. The van der Waals surface area contributed by atoms with E-state index in [0.29, 0.717) is 0 Å². The average molecular weight is 1630 g/mol. The van der Waals surface area contributed by atoms with Gasteiger partial charge in [0.2, 0.25) is 11.8 Å². The number of aliphatic hydroxyl groups excluding tert-OH is 4. The Kier molecular flexibility index (Phi) is 34.9. The molecule has 8 aromatic rings. The van der Waals surface area contributed by atoms with E-state index in [9.17, 15) is 56.9 Å². The Morgan fingerprint density at radius 3 is 1.09 bits per heavy atom. The number of benzene rings is 3. The molecule has 0 unspecified atom stereocenters. The smallest absolute Gasteiger partial charge is 0.358 e. The first-order chi connectivity index (χ1) is 47.3. The Morgan fingerprint density at radius 2 is 0.733 bits per heavy atom. The van der Waals surface area contributed by atoms with E-state index in [0.717, 1.165) is 20.3 Å². The van der Waals surface area contributed by atoms with E-state index in [1.807, 2.05) is 0 Å². The molecular weight excluding hydrogens is 1580 g/mol. The van der Waals surface area contributed by atoms with E-state index >= 15 is 0 Å². The van der Waals surface area contributed by atoms with Gasteiger partial charge in [-0.15, -0.1) is 0 Å². The predicted octanol–water partition coefficient (Wildman–Crippen LogP) is 13.0. The number of halogens is 14. The lowest BCUT2D eigenvalue weighted by Crippen LogP contribution is -2.12. The molecule has 0 aliphatic carbocycles. The number of carbonyl (C=O) groups excluding carboxylic acids is 6. The number of nitrogens with one attached hydrogen (secondary N) is 2. The summed E-state index contributed by atoms with van der Waals surface area (Å²) in [4.78, 5) is 97.5. The zero-order valence-electron chi connectivity index (χ0n) is 52.0. The average Bonchev–Trinajstić information content (AvgIpc) is 0.792. The number of nitrogens with two attached hydrogens (primary N) is 3. The number of nitrogen functional groups attached to an aromatic ring is 3. The Hall–Kier alpha value is -8.12. The third-order valence-corrected chi connectivity index (χ3v) is 15.6. The topological polar surface area (TPSA) is 444 Å². The molecular formula is C60H50Cl11F3N10O17. The second kappa shape index (κ2) is 40.5. The van der Waals surface area contributed by atoms with Gasteiger partial charge in [-0.2, -0.15) is 0 Å². The highest BCUT2D eigenvalue weighted by molar-refractivity contribution is 6.39. The van der Waals surface area contributed by atoms with E-state index in [2.05, 4.69) is 54.5 Å². The van der Waals surface area contributed by atoms with Crippen molar-refractivity contribution >= 4 is 198 Å². The molecule has 0 saturated heterocycles. The molecule has 0 radical (unpaired) electrons. The van der Waals surface area contributed by atoms with Gasteiger partial charge < -0.3 is 77.4 Å². The normalized spacial score (nSPS) is 10.3. The number of carbonyl (C=O) groups is 7. The second-order valence-corrected chi connectivity index (χ2v) is 23.0. The molecule has 3 aromatic carbocycles. The number of aromatic nitrogens is 5. The van der Waals surface area contributed by atoms with Gasteiger partial charge >= 0.3 is 29.8 Å². The van der Waals surface area contributed by atoms with Crippen LogP contribution >= 0.6 is 128 Å². The van der Waals surface area contributed by atoms with Crippen LogP contribution in [0.3, 0.4) is 0 Å². The highest BCUT2D eigenvalue weighted by Gasteiger charge is 2.25. The van der Waals surface area contributed by atoms with Crippen LogP contribution in [0.5, 0.6) is 0 Å². The lowest BCUT2D eigenvalue weighted by atomic mass is 10.1. The van der Waals surface area contributed by atoms with Crippen LogP contribution in [0.1, 0.15) is 94.8 Å². The molecule has 540 valence electrons. The number of carboxylic acids is 1. The monoisotopic (exact) mass is 1620 g/mol. The van der Waals surface area contributed by atoms with Gasteiger partial charge in [-0.05, 0) is 60.7 Å². The van der Waals surface area contributed by atoms with Crippen LogP contribution in [0.15, 0.2) is 66.7 Å². The van der Waals surface area contributed by atoms with Gasteiger partial charge in [-0.1, -0.05) is 128 Å². The first-order valence-electron chi connectivity index (χ1n) is 26.8. The van der Waals surface area contributed by atoms with Gasteiger partial charge in [0.05, 0.1) is 113 Å². The predicted molar refractivity (Wildman–Crippen MR) is 373 cm³/mol. The molecule has 0 aliphatic rings. The second-order valence-electron chi connectivity index (χ2n) is 18.7. The number of ether oxygens (including phenoxy) is 4. The van der Waals surface area contributed by atoms with Crippen molar-refractivity contribution in [1.29, 1.82) is 0 Å². The molecule has 0 saturated carbocycles. The summed E-state index contributed by atoms with van der Waals surface area (Å²) in [5.74, 6) is -7.50. The minimum absolute atomic E-state index is 0.00792. The number of amides is 2. The molecule has 5 heterocycles. The van der Waals surface area contributed by atoms with Crippen LogP contribution in [-0.2, 0) is 48.4 Å². The van der Waals surface area contributed by atoms with Gasteiger partial charge in [0.1, 0.15) is 32.9 Å². The molecule has 8 rings (SSSR count). The Morgan fingerprint density at radius 1 is 0.436 bits per heavy atom. The number of esters is 4. The minimum Gasteiger partial charge on any atom is -0.476 e. The fourth-order valence-corrected chi connectivity index (χ4v) is 9.54. The molecule has 41 heteroatoms. The van der Waals surface area contributed by atoms with E-state index < -0.39 is 79.3 Å². The number of aromatic carboxylic acids is 1. The number of hydrogen-bond acceptors (Lipinski definition) is 24. The van der Waals surface area contributed by atoms with Crippen LogP contribution in [0.2, 0.25) is 55.6 Å². The molecule has 0 bridgehead atoms. The highest BCUT2D eigenvalue weighted by Crippen LogP contribution is 2.37. The first kappa shape index (κ1) is 87.1. The van der Waals surface area contributed by atoms with Crippen molar-refractivity contribution in [2.75, 3.05) is 56.3 Å². The summed E-state index contributed by atoms with van der Waals surface area (Å²) < 4.78 is 60.3.